The van der Waals surface area contributed by atoms with Gasteiger partial charge in [0.05, 0.1) is 16.9 Å². The lowest BCUT2D eigenvalue weighted by Gasteiger charge is -2.10. The molecular weight excluding hydrogens is 472 g/mol. The van der Waals surface area contributed by atoms with Gasteiger partial charge in [0.2, 0.25) is 0 Å². The molecule has 0 unspecified atom stereocenters. The number of thiophene rings is 1. The summed E-state index contributed by atoms with van der Waals surface area (Å²) in [6, 6.07) is 10.1. The lowest BCUT2D eigenvalue weighted by atomic mass is 10.2. The topological polar surface area (TPSA) is 57.7 Å². The molecule has 2 aromatic carbocycles. The maximum atomic E-state index is 13.3. The summed E-state index contributed by atoms with van der Waals surface area (Å²) in [7, 11) is 0. The third-order valence-corrected chi connectivity index (χ3v) is 6.00. The number of esters is 1. The molecule has 170 valence electrons. The number of hydrogen-bond donors (Lipinski definition) is 0. The van der Waals surface area contributed by atoms with Crippen molar-refractivity contribution in [1.29, 1.82) is 0 Å². The molecule has 0 aliphatic rings. The van der Waals surface area contributed by atoms with Crippen LogP contribution in [0.2, 0.25) is 5.15 Å². The van der Waals surface area contributed by atoms with Gasteiger partial charge in [0.25, 0.3) is 0 Å². The largest absolute Gasteiger partial charge is 0.489 e. The fourth-order valence-corrected chi connectivity index (χ4v) is 4.57. The van der Waals surface area contributed by atoms with Gasteiger partial charge < -0.3 is 14.2 Å². The fourth-order valence-electron chi connectivity index (χ4n) is 3.20. The summed E-state index contributed by atoms with van der Waals surface area (Å²) in [5, 5.41) is 2.78. The summed E-state index contributed by atoms with van der Waals surface area (Å²) in [5.74, 6) is -0.760. The molecule has 0 saturated carbocycles. The molecule has 0 bridgehead atoms. The van der Waals surface area contributed by atoms with Crippen LogP contribution < -0.4 is 9.47 Å². The zero-order chi connectivity index (χ0) is 23.4. The highest BCUT2D eigenvalue weighted by atomic mass is 35.5. The molecule has 4 rings (SSSR count). The molecule has 0 amide bonds. The molecule has 9 heteroatoms. The van der Waals surface area contributed by atoms with E-state index in [4.69, 9.17) is 25.8 Å². The maximum absolute atomic E-state index is 13.3. The normalized spacial score (nSPS) is 10.9. The Morgan fingerprint density at radius 1 is 1.06 bits per heavy atom. The van der Waals surface area contributed by atoms with Gasteiger partial charge in [-0.05, 0) is 42.1 Å². The zero-order valence-corrected chi connectivity index (χ0v) is 19.0. The van der Waals surface area contributed by atoms with Crippen LogP contribution in [0.25, 0.3) is 10.1 Å². The summed E-state index contributed by atoms with van der Waals surface area (Å²) in [5.41, 5.74) is 1.51. The van der Waals surface area contributed by atoms with Crippen LogP contribution in [-0.4, -0.2) is 17.6 Å². The van der Waals surface area contributed by atoms with E-state index in [1.54, 1.807) is 31.2 Å². The predicted molar refractivity (Wildman–Crippen MR) is 122 cm³/mol. The van der Waals surface area contributed by atoms with Gasteiger partial charge in [0.1, 0.15) is 41.5 Å². The van der Waals surface area contributed by atoms with E-state index in [1.807, 2.05) is 5.38 Å². The van der Waals surface area contributed by atoms with Gasteiger partial charge in [0.15, 0.2) is 0 Å². The Bertz CT molecular complexity index is 1290. The van der Waals surface area contributed by atoms with Gasteiger partial charge in [0, 0.05) is 29.3 Å². The molecule has 0 aliphatic heterocycles. The number of hydrogen-bond acceptors (Lipinski definition) is 6. The van der Waals surface area contributed by atoms with E-state index in [0.29, 0.717) is 32.7 Å². The minimum Gasteiger partial charge on any atom is -0.489 e. The first kappa shape index (κ1) is 22.9. The second-order valence-corrected chi connectivity index (χ2v) is 8.22. The molecule has 0 spiro atoms. The Kier molecular flexibility index (Phi) is 7.05. The number of halogens is 3. The first-order valence-corrected chi connectivity index (χ1v) is 11.2. The predicted octanol–water partition coefficient (Wildman–Crippen LogP) is 6.56. The zero-order valence-electron chi connectivity index (χ0n) is 17.4. The van der Waals surface area contributed by atoms with Crippen LogP contribution in [0.3, 0.4) is 0 Å². The lowest BCUT2D eigenvalue weighted by molar-refractivity contribution is 0.0528. The van der Waals surface area contributed by atoms with Crippen molar-refractivity contribution in [3.8, 4) is 11.5 Å². The molecule has 0 aliphatic carbocycles. The molecule has 2 aromatic heterocycles. The van der Waals surface area contributed by atoms with Crippen LogP contribution in [0.15, 0.2) is 54.0 Å². The van der Waals surface area contributed by atoms with Crippen LogP contribution in [0.4, 0.5) is 8.78 Å². The summed E-state index contributed by atoms with van der Waals surface area (Å²) < 4.78 is 44.0. The fraction of sp³-hybridized carbons (Fsp3) is 0.167. The van der Waals surface area contributed by atoms with Crippen molar-refractivity contribution in [2.24, 2.45) is 0 Å². The smallest absolute Gasteiger partial charge is 0.341 e. The molecule has 2 heterocycles. The van der Waals surface area contributed by atoms with E-state index in [0.717, 1.165) is 11.6 Å². The number of carbonyl (C=O) groups is 1. The number of ether oxygens (including phenoxy) is 3. The molecule has 33 heavy (non-hydrogen) atoms. The van der Waals surface area contributed by atoms with Crippen molar-refractivity contribution in [1.82, 2.24) is 4.98 Å². The number of aromatic nitrogens is 1. The van der Waals surface area contributed by atoms with Gasteiger partial charge in [-0.3, -0.25) is 0 Å². The summed E-state index contributed by atoms with van der Waals surface area (Å²) in [6.45, 7) is 2.19. The highest BCUT2D eigenvalue weighted by Crippen LogP contribution is 2.34. The highest BCUT2D eigenvalue weighted by Gasteiger charge is 2.18. The van der Waals surface area contributed by atoms with Gasteiger partial charge >= 0.3 is 5.97 Å². The van der Waals surface area contributed by atoms with Crippen molar-refractivity contribution in [3.05, 3.63) is 87.5 Å². The highest BCUT2D eigenvalue weighted by molar-refractivity contribution is 7.17. The molecule has 4 aromatic rings. The monoisotopic (exact) mass is 489 g/mol. The van der Waals surface area contributed by atoms with Crippen LogP contribution >= 0.6 is 22.9 Å². The van der Waals surface area contributed by atoms with Crippen LogP contribution in [0, 0.1) is 11.6 Å². The quantitative estimate of drug-likeness (QED) is 0.207. The van der Waals surface area contributed by atoms with Crippen LogP contribution in [0.5, 0.6) is 11.5 Å². The Hall–Kier alpha value is -3.23. The average molecular weight is 490 g/mol. The van der Waals surface area contributed by atoms with Crippen LogP contribution in [-0.2, 0) is 18.0 Å². The van der Waals surface area contributed by atoms with E-state index >= 15 is 0 Å². The van der Waals surface area contributed by atoms with Crippen molar-refractivity contribution >= 4 is 39.0 Å². The minimum atomic E-state index is -0.659. The Morgan fingerprint density at radius 2 is 1.76 bits per heavy atom. The average Bonchev–Trinajstić information content (AvgIpc) is 3.21. The van der Waals surface area contributed by atoms with Crippen molar-refractivity contribution < 1.29 is 27.8 Å². The molecule has 0 saturated heterocycles. The standard InChI is InChI=1S/C24H18ClF2NO4S/c1-2-30-24(29)20-10-28-23(25)21-15(13-33-22(20)21)12-32-19-5-3-4-18(9-19)31-11-14-6-16(26)8-17(27)7-14/h3-10,13H,2,11-12H2,1H3. The number of pyridine rings is 1. The first-order chi connectivity index (χ1) is 15.9. The lowest BCUT2D eigenvalue weighted by Crippen LogP contribution is -2.05. The van der Waals surface area contributed by atoms with Crippen LogP contribution in [0.1, 0.15) is 28.4 Å². The molecule has 0 N–H and O–H groups in total. The van der Waals surface area contributed by atoms with Crippen molar-refractivity contribution in [3.63, 3.8) is 0 Å². The van der Waals surface area contributed by atoms with E-state index in [9.17, 15) is 13.6 Å². The van der Waals surface area contributed by atoms with Crippen molar-refractivity contribution in [2.45, 2.75) is 20.1 Å². The molecule has 0 fully saturated rings. The van der Waals surface area contributed by atoms with E-state index < -0.39 is 17.6 Å². The Morgan fingerprint density at radius 3 is 2.45 bits per heavy atom. The maximum Gasteiger partial charge on any atom is 0.341 e. The van der Waals surface area contributed by atoms with Gasteiger partial charge in [-0.2, -0.15) is 0 Å². The Balaban J connectivity index is 1.47. The summed E-state index contributed by atoms with van der Waals surface area (Å²) >= 11 is 7.66. The summed E-state index contributed by atoms with van der Waals surface area (Å²) in [6.07, 6.45) is 1.41. The number of nitrogens with zero attached hydrogens (tertiary/aromatic N) is 1. The first-order valence-electron chi connectivity index (χ1n) is 9.97. The minimum absolute atomic E-state index is 0.00517. The third-order valence-electron chi connectivity index (χ3n) is 4.65. The Labute approximate surface area is 197 Å². The van der Waals surface area contributed by atoms with Gasteiger partial charge in [-0.25, -0.2) is 18.6 Å². The number of fused-ring (bicyclic) bond motifs is 1. The molecule has 0 radical (unpaired) electrons. The second kappa shape index (κ2) is 10.1. The van der Waals surface area contributed by atoms with E-state index in [1.165, 1.54) is 29.7 Å². The summed E-state index contributed by atoms with van der Waals surface area (Å²) in [4.78, 5) is 16.3. The molecule has 5 nitrogen and oxygen atoms in total. The van der Waals surface area contributed by atoms with Gasteiger partial charge in [-0.15, -0.1) is 11.3 Å². The second-order valence-electron chi connectivity index (χ2n) is 6.98. The number of carbonyl (C=O) groups excluding carboxylic acids is 1. The SMILES string of the molecule is CCOC(=O)c1cnc(Cl)c2c(COc3cccc(OCc4cc(F)cc(F)c4)c3)csc12. The van der Waals surface area contributed by atoms with E-state index in [2.05, 4.69) is 4.98 Å². The third kappa shape index (κ3) is 5.40. The van der Waals surface area contributed by atoms with Gasteiger partial charge in [-0.1, -0.05) is 17.7 Å². The van der Waals surface area contributed by atoms with Crippen molar-refractivity contribution in [2.75, 3.05) is 6.61 Å². The number of benzene rings is 2. The molecule has 0 atom stereocenters. The van der Waals surface area contributed by atoms with E-state index in [-0.39, 0.29) is 25.0 Å². The molecular formula is C24H18ClF2NO4S. The number of rotatable bonds is 8.